The molecule has 2 aliphatic rings. The van der Waals surface area contributed by atoms with Crippen molar-refractivity contribution in [3.05, 3.63) is 77.4 Å². The highest BCUT2D eigenvalue weighted by atomic mass is 19.1. The van der Waals surface area contributed by atoms with Crippen molar-refractivity contribution in [1.82, 2.24) is 30.0 Å². The van der Waals surface area contributed by atoms with Crippen molar-refractivity contribution in [2.24, 2.45) is 0 Å². The van der Waals surface area contributed by atoms with Gasteiger partial charge in [-0.25, -0.2) is 9.07 Å². The first-order chi connectivity index (χ1) is 15.8. The van der Waals surface area contributed by atoms with Crippen LogP contribution >= 0.6 is 0 Å². The number of halogens is 1. The Labute approximate surface area is 189 Å². The predicted octanol–water partition coefficient (Wildman–Crippen LogP) is 4.22. The predicted molar refractivity (Wildman–Crippen MR) is 121 cm³/mol. The maximum atomic E-state index is 13.7. The molecule has 5 rings (SSSR count). The van der Waals surface area contributed by atoms with Crippen molar-refractivity contribution in [1.29, 1.82) is 0 Å². The number of piperazine rings is 1. The average molecular weight is 435 g/mol. The van der Waals surface area contributed by atoms with Crippen molar-refractivity contribution in [2.45, 2.75) is 50.7 Å². The Balaban J connectivity index is 1.37. The first kappa shape index (κ1) is 21.2. The molecule has 2 aromatic carbocycles. The van der Waals surface area contributed by atoms with Gasteiger partial charge in [-0.15, -0.1) is 5.10 Å². The molecule has 7 heteroatoms. The maximum Gasteiger partial charge on any atom is 0.173 e. The molecule has 1 aliphatic heterocycles. The molecule has 0 unspecified atom stereocenters. The Kier molecular flexibility index (Phi) is 6.55. The summed E-state index contributed by atoms with van der Waals surface area (Å²) < 4.78 is 15.8. The lowest BCUT2D eigenvalue weighted by Crippen LogP contribution is -2.48. The molecule has 0 bridgehead atoms. The summed E-state index contributed by atoms with van der Waals surface area (Å²) in [5, 5.41) is 13.0. The standard InChI is InChI=1S/C25H31FN6/c26-22-13-11-21(12-14-22)24(25-27-28-29-32(25)23-9-5-2-6-10-23)31-17-15-30(16-18-31)19-20-7-3-1-4-8-20/h1,3-4,7-8,11-14,23-24H,2,5-6,9-10,15-19H2/t24-/m0/s1. The summed E-state index contributed by atoms with van der Waals surface area (Å²) in [7, 11) is 0. The molecule has 168 valence electrons. The fraction of sp³-hybridized carbons (Fsp3) is 0.480. The van der Waals surface area contributed by atoms with Gasteiger partial charge in [-0.1, -0.05) is 61.7 Å². The summed E-state index contributed by atoms with van der Waals surface area (Å²) in [6.45, 7) is 4.78. The van der Waals surface area contributed by atoms with E-state index in [0.717, 1.165) is 57.0 Å². The minimum Gasteiger partial charge on any atom is -0.297 e. The van der Waals surface area contributed by atoms with Gasteiger partial charge in [0, 0.05) is 32.7 Å². The summed E-state index contributed by atoms with van der Waals surface area (Å²) in [4.78, 5) is 4.96. The number of benzene rings is 2. The van der Waals surface area contributed by atoms with E-state index >= 15 is 0 Å². The molecule has 3 aromatic rings. The summed E-state index contributed by atoms with van der Waals surface area (Å²) in [6, 6.07) is 17.8. The van der Waals surface area contributed by atoms with E-state index in [-0.39, 0.29) is 11.9 Å². The molecule has 1 atom stereocenters. The maximum absolute atomic E-state index is 13.7. The van der Waals surface area contributed by atoms with Crippen molar-refractivity contribution < 1.29 is 4.39 Å². The van der Waals surface area contributed by atoms with Gasteiger partial charge >= 0.3 is 0 Å². The van der Waals surface area contributed by atoms with Crippen LogP contribution in [0.15, 0.2) is 54.6 Å². The van der Waals surface area contributed by atoms with Gasteiger partial charge in [0.05, 0.1) is 12.1 Å². The molecule has 6 nitrogen and oxygen atoms in total. The zero-order chi connectivity index (χ0) is 21.8. The number of nitrogens with zero attached hydrogens (tertiary/aromatic N) is 6. The Hall–Kier alpha value is -2.64. The van der Waals surface area contributed by atoms with Crippen LogP contribution in [0.25, 0.3) is 0 Å². The smallest absolute Gasteiger partial charge is 0.173 e. The third-order valence-electron chi connectivity index (χ3n) is 6.89. The van der Waals surface area contributed by atoms with Gasteiger partial charge in [0.25, 0.3) is 0 Å². The van der Waals surface area contributed by atoms with E-state index in [2.05, 4.69) is 60.3 Å². The van der Waals surface area contributed by atoms with Crippen molar-refractivity contribution in [3.63, 3.8) is 0 Å². The highest BCUT2D eigenvalue weighted by Gasteiger charge is 2.32. The van der Waals surface area contributed by atoms with Crippen molar-refractivity contribution in [3.8, 4) is 0 Å². The van der Waals surface area contributed by atoms with Gasteiger partial charge in [-0.3, -0.25) is 9.80 Å². The van der Waals surface area contributed by atoms with Crippen LogP contribution in [0.5, 0.6) is 0 Å². The average Bonchev–Trinajstić information content (AvgIpc) is 3.32. The van der Waals surface area contributed by atoms with Crippen LogP contribution in [-0.2, 0) is 6.54 Å². The second-order valence-corrected chi connectivity index (χ2v) is 9.03. The Morgan fingerprint density at radius 1 is 0.875 bits per heavy atom. The highest BCUT2D eigenvalue weighted by molar-refractivity contribution is 5.26. The lowest BCUT2D eigenvalue weighted by molar-refractivity contribution is 0.0986. The number of hydrogen-bond acceptors (Lipinski definition) is 5. The first-order valence-electron chi connectivity index (χ1n) is 11.8. The van der Waals surface area contributed by atoms with Crippen LogP contribution in [0.3, 0.4) is 0 Å². The molecule has 1 saturated carbocycles. The molecule has 2 heterocycles. The van der Waals surface area contributed by atoms with E-state index < -0.39 is 0 Å². The molecule has 0 radical (unpaired) electrons. The van der Waals surface area contributed by atoms with E-state index in [1.165, 1.54) is 24.8 Å². The molecule has 0 spiro atoms. The van der Waals surface area contributed by atoms with E-state index in [4.69, 9.17) is 0 Å². The zero-order valence-electron chi connectivity index (χ0n) is 18.5. The van der Waals surface area contributed by atoms with E-state index in [1.807, 2.05) is 12.1 Å². The van der Waals surface area contributed by atoms with Crippen molar-refractivity contribution in [2.75, 3.05) is 26.2 Å². The molecule has 0 amide bonds. The topological polar surface area (TPSA) is 50.1 Å². The van der Waals surface area contributed by atoms with Crippen LogP contribution in [0.1, 0.15) is 61.1 Å². The van der Waals surface area contributed by atoms with Crippen LogP contribution in [0.2, 0.25) is 0 Å². The summed E-state index contributed by atoms with van der Waals surface area (Å²) in [6.07, 6.45) is 5.99. The summed E-state index contributed by atoms with van der Waals surface area (Å²) >= 11 is 0. The number of tetrazole rings is 1. The third kappa shape index (κ3) is 4.74. The SMILES string of the molecule is Fc1ccc([C@@H](c2nnnn2C2CCCCC2)N2CCN(Cc3ccccc3)CC2)cc1. The normalized spacial score (nSPS) is 19.8. The lowest BCUT2D eigenvalue weighted by atomic mass is 9.95. The number of aromatic nitrogens is 4. The van der Waals surface area contributed by atoms with Gasteiger partial charge in [-0.2, -0.15) is 0 Å². The minimum absolute atomic E-state index is 0.0635. The fourth-order valence-electron chi connectivity index (χ4n) is 5.16. The fourth-order valence-corrected chi connectivity index (χ4v) is 5.16. The molecule has 1 aromatic heterocycles. The Morgan fingerprint density at radius 2 is 1.59 bits per heavy atom. The first-order valence-corrected chi connectivity index (χ1v) is 11.8. The molecular formula is C25H31FN6. The van der Waals surface area contributed by atoms with E-state index in [0.29, 0.717) is 6.04 Å². The van der Waals surface area contributed by atoms with Crippen molar-refractivity contribution >= 4 is 0 Å². The summed E-state index contributed by atoms with van der Waals surface area (Å²) in [5.41, 5.74) is 2.40. The van der Waals surface area contributed by atoms with Gasteiger partial charge in [0.1, 0.15) is 5.82 Å². The second-order valence-electron chi connectivity index (χ2n) is 9.03. The third-order valence-corrected chi connectivity index (χ3v) is 6.89. The van der Waals surface area contributed by atoms with E-state index in [1.54, 1.807) is 12.1 Å². The minimum atomic E-state index is -0.216. The summed E-state index contributed by atoms with van der Waals surface area (Å²) in [5.74, 6) is 0.673. The van der Waals surface area contributed by atoms with Gasteiger partial charge in [0.15, 0.2) is 5.82 Å². The van der Waals surface area contributed by atoms with Crippen LogP contribution in [0, 0.1) is 5.82 Å². The van der Waals surface area contributed by atoms with E-state index in [9.17, 15) is 4.39 Å². The van der Waals surface area contributed by atoms with Crippen LogP contribution < -0.4 is 0 Å². The molecule has 0 N–H and O–H groups in total. The van der Waals surface area contributed by atoms with Gasteiger partial charge in [0.2, 0.25) is 0 Å². The largest absolute Gasteiger partial charge is 0.297 e. The van der Waals surface area contributed by atoms with Gasteiger partial charge in [-0.05, 0) is 46.5 Å². The second kappa shape index (κ2) is 9.88. The Morgan fingerprint density at radius 3 is 2.31 bits per heavy atom. The van der Waals surface area contributed by atoms with Crippen LogP contribution in [-0.4, -0.2) is 56.2 Å². The zero-order valence-corrected chi connectivity index (χ0v) is 18.5. The molecule has 2 fully saturated rings. The monoisotopic (exact) mass is 434 g/mol. The molecule has 32 heavy (non-hydrogen) atoms. The molecular weight excluding hydrogens is 403 g/mol. The molecule has 1 saturated heterocycles. The number of hydrogen-bond donors (Lipinski definition) is 0. The Bertz CT molecular complexity index is 975. The number of rotatable bonds is 6. The van der Waals surface area contributed by atoms with Crippen LogP contribution in [0.4, 0.5) is 4.39 Å². The molecule has 1 aliphatic carbocycles. The quantitative estimate of drug-likeness (QED) is 0.581. The van der Waals surface area contributed by atoms with Gasteiger partial charge < -0.3 is 0 Å². The lowest BCUT2D eigenvalue weighted by Gasteiger charge is -2.39. The highest BCUT2D eigenvalue weighted by Crippen LogP contribution is 2.33.